The molecule has 0 aliphatic carbocycles. The Morgan fingerprint density at radius 1 is 1.50 bits per heavy atom. The van der Waals surface area contributed by atoms with E-state index in [-0.39, 0.29) is 17.5 Å². The standard InChI is InChI=1S/C12H15ClFNO/c1-12(2)7-15-6-10(16-12)11-8(13)4-3-5-9(11)14/h3-5,10,15H,6-7H2,1-2H3. The van der Waals surface area contributed by atoms with Crippen molar-refractivity contribution in [2.45, 2.75) is 25.6 Å². The van der Waals surface area contributed by atoms with Gasteiger partial charge in [0.2, 0.25) is 0 Å². The van der Waals surface area contributed by atoms with E-state index in [1.165, 1.54) is 6.07 Å². The molecule has 0 saturated carbocycles. The number of morpholine rings is 1. The Kier molecular flexibility index (Phi) is 3.19. The van der Waals surface area contributed by atoms with Crippen LogP contribution in [0.2, 0.25) is 5.02 Å². The van der Waals surface area contributed by atoms with E-state index in [0.717, 1.165) is 6.54 Å². The average Bonchev–Trinajstić information content (AvgIpc) is 2.15. The summed E-state index contributed by atoms with van der Waals surface area (Å²) < 4.78 is 19.5. The molecule has 1 aromatic carbocycles. The van der Waals surface area contributed by atoms with Crippen molar-refractivity contribution in [3.63, 3.8) is 0 Å². The van der Waals surface area contributed by atoms with Crippen LogP contribution in [0.25, 0.3) is 0 Å². The molecule has 0 aromatic heterocycles. The van der Waals surface area contributed by atoms with E-state index in [1.54, 1.807) is 12.1 Å². The maximum Gasteiger partial charge on any atom is 0.130 e. The van der Waals surface area contributed by atoms with E-state index >= 15 is 0 Å². The van der Waals surface area contributed by atoms with Crippen LogP contribution in [0.1, 0.15) is 25.5 Å². The zero-order valence-corrected chi connectivity index (χ0v) is 10.1. The Morgan fingerprint density at radius 2 is 2.25 bits per heavy atom. The van der Waals surface area contributed by atoms with E-state index in [0.29, 0.717) is 17.1 Å². The molecule has 1 fully saturated rings. The molecule has 1 aliphatic rings. The highest BCUT2D eigenvalue weighted by Gasteiger charge is 2.31. The molecule has 0 spiro atoms. The molecule has 4 heteroatoms. The summed E-state index contributed by atoms with van der Waals surface area (Å²) >= 11 is 6.01. The lowest BCUT2D eigenvalue weighted by Crippen LogP contribution is -2.47. The Bertz CT molecular complexity index is 374. The molecule has 1 aromatic rings. The second kappa shape index (κ2) is 4.32. The van der Waals surface area contributed by atoms with Gasteiger partial charge < -0.3 is 10.1 Å². The fourth-order valence-electron chi connectivity index (χ4n) is 1.95. The normalized spacial score (nSPS) is 24.4. The molecular weight excluding hydrogens is 229 g/mol. The third-order valence-electron chi connectivity index (χ3n) is 2.66. The third-order valence-corrected chi connectivity index (χ3v) is 2.99. The molecule has 1 saturated heterocycles. The van der Waals surface area contributed by atoms with Gasteiger partial charge in [-0.2, -0.15) is 0 Å². The average molecular weight is 244 g/mol. The largest absolute Gasteiger partial charge is 0.365 e. The van der Waals surface area contributed by atoms with Gasteiger partial charge in [-0.3, -0.25) is 0 Å². The van der Waals surface area contributed by atoms with E-state index in [9.17, 15) is 4.39 Å². The SMILES string of the molecule is CC1(C)CNCC(c2c(F)cccc2Cl)O1. The summed E-state index contributed by atoms with van der Waals surface area (Å²) in [5, 5.41) is 3.65. The van der Waals surface area contributed by atoms with Crippen LogP contribution in [0.3, 0.4) is 0 Å². The number of hydrogen-bond donors (Lipinski definition) is 1. The smallest absolute Gasteiger partial charge is 0.130 e. The molecule has 1 aliphatic heterocycles. The number of halogens is 2. The molecule has 0 bridgehead atoms. The van der Waals surface area contributed by atoms with Crippen molar-refractivity contribution in [1.29, 1.82) is 0 Å². The van der Waals surface area contributed by atoms with Crippen molar-refractivity contribution in [3.05, 3.63) is 34.6 Å². The third kappa shape index (κ3) is 2.37. The highest BCUT2D eigenvalue weighted by Crippen LogP contribution is 2.32. The van der Waals surface area contributed by atoms with Crippen molar-refractivity contribution in [1.82, 2.24) is 5.32 Å². The van der Waals surface area contributed by atoms with Crippen LogP contribution in [0.15, 0.2) is 18.2 Å². The highest BCUT2D eigenvalue weighted by molar-refractivity contribution is 6.31. The first-order chi connectivity index (χ1) is 7.49. The summed E-state index contributed by atoms with van der Waals surface area (Å²) in [4.78, 5) is 0. The van der Waals surface area contributed by atoms with Crippen LogP contribution in [0.4, 0.5) is 4.39 Å². The van der Waals surface area contributed by atoms with Gasteiger partial charge in [0.1, 0.15) is 5.82 Å². The van der Waals surface area contributed by atoms with Crippen molar-refractivity contribution in [2.24, 2.45) is 0 Å². The molecule has 16 heavy (non-hydrogen) atoms. The van der Waals surface area contributed by atoms with Crippen molar-refractivity contribution >= 4 is 11.6 Å². The lowest BCUT2D eigenvalue weighted by atomic mass is 10.0. The lowest BCUT2D eigenvalue weighted by Gasteiger charge is -2.37. The highest BCUT2D eigenvalue weighted by atomic mass is 35.5. The molecule has 1 heterocycles. The van der Waals surface area contributed by atoms with Gasteiger partial charge in [-0.15, -0.1) is 0 Å². The second-order valence-electron chi connectivity index (χ2n) is 4.63. The summed E-state index contributed by atoms with van der Waals surface area (Å²) in [7, 11) is 0. The minimum Gasteiger partial charge on any atom is -0.365 e. The van der Waals surface area contributed by atoms with Crippen LogP contribution in [-0.4, -0.2) is 18.7 Å². The van der Waals surface area contributed by atoms with Crippen LogP contribution in [0, 0.1) is 5.82 Å². The van der Waals surface area contributed by atoms with Gasteiger partial charge in [0, 0.05) is 23.7 Å². The predicted molar refractivity (Wildman–Crippen MR) is 62.2 cm³/mol. The second-order valence-corrected chi connectivity index (χ2v) is 5.04. The molecule has 0 amide bonds. The van der Waals surface area contributed by atoms with Crippen molar-refractivity contribution in [3.8, 4) is 0 Å². The topological polar surface area (TPSA) is 21.3 Å². The molecule has 1 atom stereocenters. The summed E-state index contributed by atoms with van der Waals surface area (Å²) in [5.74, 6) is -0.308. The van der Waals surface area contributed by atoms with Crippen molar-refractivity contribution in [2.75, 3.05) is 13.1 Å². The summed E-state index contributed by atoms with van der Waals surface area (Å²) in [5.41, 5.74) is 0.151. The van der Waals surface area contributed by atoms with Crippen LogP contribution < -0.4 is 5.32 Å². The van der Waals surface area contributed by atoms with Crippen LogP contribution in [-0.2, 0) is 4.74 Å². The van der Waals surface area contributed by atoms with E-state index in [1.807, 2.05) is 13.8 Å². The number of hydrogen-bond acceptors (Lipinski definition) is 2. The first-order valence-electron chi connectivity index (χ1n) is 5.32. The summed E-state index contributed by atoms with van der Waals surface area (Å²) in [6.07, 6.45) is -0.322. The molecule has 2 nitrogen and oxygen atoms in total. The monoisotopic (exact) mass is 243 g/mol. The Labute approximate surface area is 99.7 Å². The molecule has 1 unspecified atom stereocenters. The lowest BCUT2D eigenvalue weighted by molar-refractivity contribution is -0.0969. The van der Waals surface area contributed by atoms with Crippen LogP contribution in [0.5, 0.6) is 0 Å². The van der Waals surface area contributed by atoms with Gasteiger partial charge in [0.05, 0.1) is 11.7 Å². The predicted octanol–water partition coefficient (Wildman–Crippen LogP) is 2.92. The first-order valence-corrected chi connectivity index (χ1v) is 5.70. The Hall–Kier alpha value is -0.640. The quantitative estimate of drug-likeness (QED) is 0.819. The van der Waals surface area contributed by atoms with Crippen LogP contribution >= 0.6 is 11.6 Å². The zero-order valence-electron chi connectivity index (χ0n) is 9.39. The van der Waals surface area contributed by atoms with E-state index in [4.69, 9.17) is 16.3 Å². The maximum atomic E-state index is 13.7. The Balaban J connectivity index is 2.30. The summed E-state index contributed by atoms with van der Waals surface area (Å²) in [6.45, 7) is 5.29. The fraction of sp³-hybridized carbons (Fsp3) is 0.500. The minimum atomic E-state index is -0.322. The summed E-state index contributed by atoms with van der Waals surface area (Å²) in [6, 6.07) is 4.69. The molecule has 1 N–H and O–H groups in total. The van der Waals surface area contributed by atoms with E-state index in [2.05, 4.69) is 5.32 Å². The molecule has 88 valence electrons. The molecular formula is C12H15ClFNO. The molecule has 0 radical (unpaired) electrons. The van der Waals surface area contributed by atoms with Gasteiger partial charge in [-0.05, 0) is 26.0 Å². The van der Waals surface area contributed by atoms with Gasteiger partial charge in [-0.25, -0.2) is 4.39 Å². The van der Waals surface area contributed by atoms with Gasteiger partial charge >= 0.3 is 0 Å². The minimum absolute atomic E-state index is 0.297. The number of ether oxygens (including phenoxy) is 1. The van der Waals surface area contributed by atoms with Crippen molar-refractivity contribution < 1.29 is 9.13 Å². The van der Waals surface area contributed by atoms with Gasteiger partial charge in [-0.1, -0.05) is 17.7 Å². The number of rotatable bonds is 1. The van der Waals surface area contributed by atoms with E-state index < -0.39 is 0 Å². The Morgan fingerprint density at radius 3 is 2.88 bits per heavy atom. The fourth-order valence-corrected chi connectivity index (χ4v) is 2.24. The number of nitrogens with one attached hydrogen (secondary N) is 1. The zero-order chi connectivity index (χ0) is 11.8. The number of benzene rings is 1. The van der Waals surface area contributed by atoms with Gasteiger partial charge in [0.25, 0.3) is 0 Å². The first kappa shape index (κ1) is 11.8. The van der Waals surface area contributed by atoms with Gasteiger partial charge in [0.15, 0.2) is 0 Å². The maximum absolute atomic E-state index is 13.7. The molecule has 2 rings (SSSR count).